The number of hydrogen-bond donors (Lipinski definition) is 2. The zero-order valence-corrected chi connectivity index (χ0v) is 14.1. The minimum atomic E-state index is 0.160. The van der Waals surface area contributed by atoms with Gasteiger partial charge in [0.25, 0.3) is 0 Å². The molecule has 2 aliphatic rings. The standard InChI is InChI=1S/C22H26N2/c23-15-22(18-4-2-1-3-5-18)24-21-10-7-16(8-11-21)12-20-14-17-6-9-19(20)13-17/h1-11,17,19-20,22,24H,12-15,23H2. The number of nitrogens with one attached hydrogen (secondary N) is 1. The van der Waals surface area contributed by atoms with E-state index in [9.17, 15) is 0 Å². The maximum Gasteiger partial charge on any atom is 0.0636 e. The maximum absolute atomic E-state index is 5.96. The van der Waals surface area contributed by atoms with Crippen molar-refractivity contribution in [2.75, 3.05) is 11.9 Å². The molecule has 2 nitrogen and oxygen atoms in total. The van der Waals surface area contributed by atoms with E-state index in [-0.39, 0.29) is 6.04 Å². The average Bonchev–Trinajstić information content (AvgIpc) is 3.25. The van der Waals surface area contributed by atoms with Crippen molar-refractivity contribution in [3.8, 4) is 0 Å². The SMILES string of the molecule is NCC(Nc1ccc(CC2CC3C=CC2C3)cc1)c1ccccc1. The number of hydrogen-bond acceptors (Lipinski definition) is 2. The number of benzene rings is 2. The molecule has 0 spiro atoms. The summed E-state index contributed by atoms with van der Waals surface area (Å²) in [5.41, 5.74) is 9.79. The molecule has 2 aliphatic carbocycles. The molecule has 3 N–H and O–H groups in total. The number of anilines is 1. The largest absolute Gasteiger partial charge is 0.377 e. The van der Waals surface area contributed by atoms with E-state index in [1.807, 2.05) is 6.07 Å². The number of rotatable bonds is 6. The van der Waals surface area contributed by atoms with Crippen molar-refractivity contribution in [3.05, 3.63) is 77.9 Å². The van der Waals surface area contributed by atoms with Gasteiger partial charge in [0.1, 0.15) is 0 Å². The van der Waals surface area contributed by atoms with Crippen molar-refractivity contribution in [3.63, 3.8) is 0 Å². The van der Waals surface area contributed by atoms with Crippen LogP contribution in [-0.4, -0.2) is 6.54 Å². The van der Waals surface area contributed by atoms with Gasteiger partial charge in [0.2, 0.25) is 0 Å². The van der Waals surface area contributed by atoms with Crippen molar-refractivity contribution in [1.29, 1.82) is 0 Å². The Morgan fingerprint density at radius 3 is 2.38 bits per heavy atom. The Labute approximate surface area is 144 Å². The molecule has 2 bridgehead atoms. The van der Waals surface area contributed by atoms with Gasteiger partial charge in [0.05, 0.1) is 6.04 Å². The molecule has 0 heterocycles. The second-order valence-electron chi connectivity index (χ2n) is 7.28. The first-order valence-electron chi connectivity index (χ1n) is 9.10. The highest BCUT2D eigenvalue weighted by Crippen LogP contribution is 2.44. The molecule has 0 radical (unpaired) electrons. The van der Waals surface area contributed by atoms with Crippen LogP contribution in [-0.2, 0) is 6.42 Å². The van der Waals surface area contributed by atoms with Gasteiger partial charge < -0.3 is 11.1 Å². The van der Waals surface area contributed by atoms with E-state index in [1.54, 1.807) is 0 Å². The van der Waals surface area contributed by atoms with E-state index in [0.717, 1.165) is 23.4 Å². The topological polar surface area (TPSA) is 38.0 Å². The van der Waals surface area contributed by atoms with Crippen LogP contribution in [0.15, 0.2) is 66.7 Å². The molecule has 4 atom stereocenters. The van der Waals surface area contributed by atoms with Crippen molar-refractivity contribution in [2.45, 2.75) is 25.3 Å². The lowest BCUT2D eigenvalue weighted by Crippen LogP contribution is -2.20. The highest BCUT2D eigenvalue weighted by molar-refractivity contribution is 5.47. The second-order valence-corrected chi connectivity index (χ2v) is 7.28. The van der Waals surface area contributed by atoms with Crippen LogP contribution in [0, 0.1) is 17.8 Å². The van der Waals surface area contributed by atoms with Crippen LogP contribution in [0.5, 0.6) is 0 Å². The van der Waals surface area contributed by atoms with E-state index in [0.29, 0.717) is 6.54 Å². The normalized spacial score (nSPS) is 25.8. The molecular weight excluding hydrogens is 292 g/mol. The summed E-state index contributed by atoms with van der Waals surface area (Å²) in [7, 11) is 0. The van der Waals surface area contributed by atoms with E-state index in [4.69, 9.17) is 5.73 Å². The van der Waals surface area contributed by atoms with Gasteiger partial charge in [-0.1, -0.05) is 54.6 Å². The smallest absolute Gasteiger partial charge is 0.0636 e. The Morgan fingerprint density at radius 2 is 1.75 bits per heavy atom. The van der Waals surface area contributed by atoms with E-state index in [2.05, 4.69) is 66.0 Å². The van der Waals surface area contributed by atoms with Crippen LogP contribution in [0.25, 0.3) is 0 Å². The van der Waals surface area contributed by atoms with Crippen molar-refractivity contribution in [2.24, 2.45) is 23.5 Å². The molecule has 2 aromatic carbocycles. The third kappa shape index (κ3) is 3.25. The minimum absolute atomic E-state index is 0.160. The summed E-state index contributed by atoms with van der Waals surface area (Å²) in [4.78, 5) is 0. The quantitative estimate of drug-likeness (QED) is 0.767. The van der Waals surface area contributed by atoms with Crippen LogP contribution >= 0.6 is 0 Å². The molecule has 4 unspecified atom stereocenters. The first-order chi connectivity index (χ1) is 11.8. The lowest BCUT2D eigenvalue weighted by molar-refractivity contribution is 0.446. The molecule has 4 rings (SSSR count). The number of allylic oxidation sites excluding steroid dienone is 2. The van der Waals surface area contributed by atoms with Gasteiger partial charge in [-0.15, -0.1) is 0 Å². The fourth-order valence-electron chi connectivity index (χ4n) is 4.33. The highest BCUT2D eigenvalue weighted by atomic mass is 14.9. The zero-order valence-electron chi connectivity index (χ0n) is 14.1. The molecule has 0 amide bonds. The molecule has 24 heavy (non-hydrogen) atoms. The van der Waals surface area contributed by atoms with Gasteiger partial charge in [0.15, 0.2) is 0 Å². The summed E-state index contributed by atoms with van der Waals surface area (Å²) < 4.78 is 0. The van der Waals surface area contributed by atoms with E-state index in [1.165, 1.54) is 30.4 Å². The Kier molecular flexibility index (Phi) is 4.40. The molecule has 2 aromatic rings. The van der Waals surface area contributed by atoms with Crippen LogP contribution in [0.4, 0.5) is 5.69 Å². The summed E-state index contributed by atoms with van der Waals surface area (Å²) in [6.45, 7) is 0.587. The Balaban J connectivity index is 1.39. The molecule has 1 fully saturated rings. The second kappa shape index (κ2) is 6.82. The fourth-order valence-corrected chi connectivity index (χ4v) is 4.33. The van der Waals surface area contributed by atoms with Gasteiger partial charge >= 0.3 is 0 Å². The number of fused-ring (bicyclic) bond motifs is 2. The number of nitrogens with two attached hydrogens (primary N) is 1. The summed E-state index contributed by atoms with van der Waals surface area (Å²) >= 11 is 0. The lowest BCUT2D eigenvalue weighted by Gasteiger charge is -2.20. The van der Waals surface area contributed by atoms with Crippen LogP contribution < -0.4 is 11.1 Å². The molecule has 2 heteroatoms. The minimum Gasteiger partial charge on any atom is -0.377 e. The third-order valence-electron chi connectivity index (χ3n) is 5.65. The van der Waals surface area contributed by atoms with Crippen molar-refractivity contribution in [1.82, 2.24) is 0 Å². The van der Waals surface area contributed by atoms with Gasteiger partial charge in [0, 0.05) is 12.2 Å². The van der Waals surface area contributed by atoms with Crippen molar-refractivity contribution < 1.29 is 0 Å². The summed E-state index contributed by atoms with van der Waals surface area (Å²) in [6.07, 6.45) is 8.85. The highest BCUT2D eigenvalue weighted by Gasteiger charge is 2.35. The third-order valence-corrected chi connectivity index (χ3v) is 5.65. The van der Waals surface area contributed by atoms with E-state index >= 15 is 0 Å². The van der Waals surface area contributed by atoms with Gasteiger partial charge in [-0.25, -0.2) is 0 Å². The van der Waals surface area contributed by atoms with Crippen molar-refractivity contribution >= 4 is 5.69 Å². The summed E-state index contributed by atoms with van der Waals surface area (Å²) in [6, 6.07) is 19.5. The molecule has 0 aromatic heterocycles. The summed E-state index contributed by atoms with van der Waals surface area (Å²) in [5.74, 6) is 2.53. The van der Waals surface area contributed by atoms with Gasteiger partial charge in [-0.2, -0.15) is 0 Å². The Morgan fingerprint density at radius 1 is 0.958 bits per heavy atom. The fraction of sp³-hybridized carbons (Fsp3) is 0.364. The molecule has 0 saturated heterocycles. The monoisotopic (exact) mass is 318 g/mol. The first kappa shape index (κ1) is 15.5. The lowest BCUT2D eigenvalue weighted by atomic mass is 9.88. The molecule has 124 valence electrons. The Bertz CT molecular complexity index is 690. The predicted molar refractivity (Wildman–Crippen MR) is 101 cm³/mol. The van der Waals surface area contributed by atoms with E-state index < -0.39 is 0 Å². The summed E-state index contributed by atoms with van der Waals surface area (Å²) in [5, 5.41) is 3.56. The zero-order chi connectivity index (χ0) is 16.4. The van der Waals surface area contributed by atoms with Gasteiger partial charge in [-0.3, -0.25) is 0 Å². The molecular formula is C22H26N2. The molecule has 0 aliphatic heterocycles. The van der Waals surface area contributed by atoms with Crippen LogP contribution in [0.1, 0.15) is 30.0 Å². The average molecular weight is 318 g/mol. The van der Waals surface area contributed by atoms with Crippen LogP contribution in [0.2, 0.25) is 0 Å². The maximum atomic E-state index is 5.96. The van der Waals surface area contributed by atoms with Gasteiger partial charge in [-0.05, 0) is 60.3 Å². The van der Waals surface area contributed by atoms with Crippen LogP contribution in [0.3, 0.4) is 0 Å². The molecule has 1 saturated carbocycles. The first-order valence-corrected chi connectivity index (χ1v) is 9.10. The Hall–Kier alpha value is -2.06. The predicted octanol–water partition coefficient (Wildman–Crippen LogP) is 4.55.